The molecule has 0 saturated carbocycles. The normalized spacial score (nSPS) is 20.1. The molecule has 0 bridgehead atoms. The number of aryl methyl sites for hydroxylation is 1. The fraction of sp³-hybridized carbons (Fsp3) is 0.222. The molecular weight excluding hydrogens is 384 g/mol. The molecule has 31 heavy (non-hydrogen) atoms. The third-order valence-corrected chi connectivity index (χ3v) is 6.90. The molecule has 1 atom stereocenters. The fourth-order valence-electron chi connectivity index (χ4n) is 5.39. The summed E-state index contributed by atoms with van der Waals surface area (Å²) in [6, 6.07) is 24.2. The Kier molecular flexibility index (Phi) is 4.13. The Morgan fingerprint density at radius 2 is 1.61 bits per heavy atom. The van der Waals surface area contributed by atoms with E-state index in [-0.39, 0.29) is 10.7 Å². The highest BCUT2D eigenvalue weighted by Crippen LogP contribution is 2.46. The zero-order chi connectivity index (χ0) is 21.0. The number of para-hydroxylation sites is 1. The van der Waals surface area contributed by atoms with Gasteiger partial charge in [0, 0.05) is 30.5 Å². The van der Waals surface area contributed by atoms with E-state index in [4.69, 9.17) is 9.72 Å². The van der Waals surface area contributed by atoms with E-state index >= 15 is 0 Å². The molecule has 0 radical (unpaired) electrons. The second-order valence-electron chi connectivity index (χ2n) is 8.72. The van der Waals surface area contributed by atoms with Crippen LogP contribution in [0.1, 0.15) is 22.4 Å². The van der Waals surface area contributed by atoms with E-state index in [1.165, 1.54) is 11.1 Å². The van der Waals surface area contributed by atoms with Gasteiger partial charge in [0.15, 0.2) is 0 Å². The van der Waals surface area contributed by atoms with Crippen LogP contribution in [0.5, 0.6) is 11.5 Å². The van der Waals surface area contributed by atoms with Gasteiger partial charge in [-0.05, 0) is 48.4 Å². The second-order valence-corrected chi connectivity index (χ2v) is 8.72. The maximum atomic E-state index is 14.5. The van der Waals surface area contributed by atoms with Crippen molar-refractivity contribution in [2.24, 2.45) is 0 Å². The number of fused-ring (bicyclic) bond motifs is 4. The number of aromatic nitrogens is 1. The van der Waals surface area contributed by atoms with E-state index in [1.54, 1.807) is 0 Å². The molecule has 1 aromatic heterocycles. The first-order valence-corrected chi connectivity index (χ1v) is 10.9. The van der Waals surface area contributed by atoms with Crippen molar-refractivity contribution in [3.05, 3.63) is 100 Å². The van der Waals surface area contributed by atoms with Crippen LogP contribution in [0.15, 0.2) is 72.8 Å². The van der Waals surface area contributed by atoms with Gasteiger partial charge in [0.25, 0.3) is 0 Å². The number of hydrogen-bond acceptors (Lipinski definition) is 3. The van der Waals surface area contributed by atoms with Gasteiger partial charge >= 0.3 is 0 Å². The topological polar surface area (TPSA) is 45.2 Å². The van der Waals surface area contributed by atoms with Crippen molar-refractivity contribution in [3.63, 3.8) is 0 Å². The molecule has 4 heteroatoms. The average molecular weight is 409 g/mol. The maximum Gasteiger partial charge on any atom is 0.148 e. The van der Waals surface area contributed by atoms with Crippen molar-refractivity contribution in [3.8, 4) is 11.5 Å². The highest BCUT2D eigenvalue weighted by Gasteiger charge is 2.43. The minimum Gasteiger partial charge on any atom is -0.627 e. The summed E-state index contributed by atoms with van der Waals surface area (Å²) in [5.74, 6) is 1.52. The highest BCUT2D eigenvalue weighted by molar-refractivity contribution is 5.95. The average Bonchev–Trinajstić information content (AvgIpc) is 3.38. The monoisotopic (exact) mass is 408 g/mol. The number of rotatable bonds is 3. The fourth-order valence-corrected chi connectivity index (χ4v) is 5.39. The molecule has 4 nitrogen and oxygen atoms in total. The van der Waals surface area contributed by atoms with E-state index in [1.807, 2.05) is 55.5 Å². The third kappa shape index (κ3) is 2.94. The van der Waals surface area contributed by atoms with Crippen molar-refractivity contribution < 1.29 is 4.74 Å². The minimum atomic E-state index is -0.265. The van der Waals surface area contributed by atoms with Crippen LogP contribution in [0.2, 0.25) is 0 Å². The zero-order valence-corrected chi connectivity index (χ0v) is 17.5. The molecule has 0 fully saturated rings. The number of pyridine rings is 1. The van der Waals surface area contributed by atoms with Crippen LogP contribution in [0.3, 0.4) is 0 Å². The van der Waals surface area contributed by atoms with Crippen LogP contribution in [0.25, 0.3) is 10.9 Å². The first-order valence-electron chi connectivity index (χ1n) is 10.9. The van der Waals surface area contributed by atoms with Crippen LogP contribution in [-0.2, 0) is 19.3 Å². The number of quaternary nitrogens is 1. The van der Waals surface area contributed by atoms with Crippen molar-refractivity contribution in [2.45, 2.75) is 32.2 Å². The van der Waals surface area contributed by atoms with Gasteiger partial charge in [-0.3, -0.25) is 4.98 Å². The molecule has 3 aromatic carbocycles. The molecule has 0 N–H and O–H groups in total. The molecule has 0 spiro atoms. The van der Waals surface area contributed by atoms with Gasteiger partial charge in [-0.2, -0.15) is 0 Å². The Balaban J connectivity index is 1.47. The Hall–Kier alpha value is -3.21. The summed E-state index contributed by atoms with van der Waals surface area (Å²) in [4.78, 5) is 4.82. The Morgan fingerprint density at radius 1 is 0.903 bits per heavy atom. The summed E-state index contributed by atoms with van der Waals surface area (Å²) in [6.45, 7) is 2.62. The van der Waals surface area contributed by atoms with Gasteiger partial charge in [0.1, 0.15) is 23.2 Å². The lowest BCUT2D eigenvalue weighted by Gasteiger charge is -2.44. The van der Waals surface area contributed by atoms with Gasteiger partial charge in [-0.25, -0.2) is 0 Å². The minimum absolute atomic E-state index is 0.0161. The van der Waals surface area contributed by atoms with Gasteiger partial charge < -0.3 is 14.6 Å². The lowest BCUT2D eigenvalue weighted by Crippen LogP contribution is -2.51. The lowest BCUT2D eigenvalue weighted by atomic mass is 10.0. The Morgan fingerprint density at radius 3 is 2.35 bits per heavy atom. The molecule has 2 heterocycles. The molecular formula is C27H24N2O2. The van der Waals surface area contributed by atoms with E-state index in [0.29, 0.717) is 6.54 Å². The van der Waals surface area contributed by atoms with Crippen LogP contribution in [0.4, 0.5) is 5.69 Å². The largest absolute Gasteiger partial charge is 0.627 e. The number of nitrogens with zero attached hydrogens (tertiary/aromatic N) is 2. The predicted octanol–water partition coefficient (Wildman–Crippen LogP) is 5.86. The summed E-state index contributed by atoms with van der Waals surface area (Å²) in [7, 11) is 0. The van der Waals surface area contributed by atoms with Crippen LogP contribution in [0, 0.1) is 12.1 Å². The summed E-state index contributed by atoms with van der Waals surface area (Å²) in [5, 5.41) is 15.4. The van der Waals surface area contributed by atoms with Gasteiger partial charge in [0.05, 0.1) is 17.4 Å². The van der Waals surface area contributed by atoms with Crippen LogP contribution < -0.4 is 9.38 Å². The number of benzene rings is 3. The molecule has 1 unspecified atom stereocenters. The van der Waals surface area contributed by atoms with Gasteiger partial charge in [-0.15, -0.1) is 0 Å². The first kappa shape index (κ1) is 18.6. The summed E-state index contributed by atoms with van der Waals surface area (Å²) >= 11 is 0. The summed E-state index contributed by atoms with van der Waals surface area (Å²) < 4.78 is 5.82. The standard InChI is InChI=1S/C27H24N2O2/c1-18-24-13-14-29(30,21-15-19-7-5-6-8-20(19)16-21)27(24)25-17-23(11-12-26(25)28-18)31-22-9-3-2-4-10-22/h2-12,17,21H,13-16H2,1H3. The SMILES string of the molecule is Cc1nc2ccc(Oc3ccccc3)cc2c2c1CC[N+]2([O-])C1Cc2ccccc2C1. The van der Waals surface area contributed by atoms with Crippen molar-refractivity contribution in [1.82, 2.24) is 9.63 Å². The molecule has 6 rings (SSSR count). The van der Waals surface area contributed by atoms with Crippen molar-refractivity contribution >= 4 is 16.6 Å². The maximum absolute atomic E-state index is 14.5. The van der Waals surface area contributed by atoms with Crippen LogP contribution in [-0.4, -0.2) is 17.6 Å². The Bertz CT molecular complexity index is 1280. The van der Waals surface area contributed by atoms with E-state index < -0.39 is 0 Å². The van der Waals surface area contributed by atoms with E-state index in [0.717, 1.165) is 58.6 Å². The smallest absolute Gasteiger partial charge is 0.148 e. The molecule has 1 aliphatic heterocycles. The molecule has 2 aliphatic rings. The van der Waals surface area contributed by atoms with Crippen molar-refractivity contribution in [1.29, 1.82) is 0 Å². The van der Waals surface area contributed by atoms with E-state index in [2.05, 4.69) is 24.3 Å². The predicted molar refractivity (Wildman–Crippen MR) is 124 cm³/mol. The molecule has 154 valence electrons. The molecule has 4 aromatic rings. The third-order valence-electron chi connectivity index (χ3n) is 6.90. The summed E-state index contributed by atoms with van der Waals surface area (Å²) in [5.41, 5.74) is 6.50. The van der Waals surface area contributed by atoms with Crippen LogP contribution >= 0.6 is 0 Å². The first-order chi connectivity index (χ1) is 15.1. The number of hydroxylamine groups is 2. The highest BCUT2D eigenvalue weighted by atomic mass is 16.5. The number of ether oxygens (including phenoxy) is 1. The van der Waals surface area contributed by atoms with Gasteiger partial charge in [0.2, 0.25) is 0 Å². The number of hydrogen-bond donors (Lipinski definition) is 0. The Labute approximate surface area is 181 Å². The van der Waals surface area contributed by atoms with Gasteiger partial charge in [-0.1, -0.05) is 42.5 Å². The zero-order valence-electron chi connectivity index (χ0n) is 17.5. The molecule has 0 saturated heterocycles. The molecule has 0 amide bonds. The lowest BCUT2D eigenvalue weighted by molar-refractivity contribution is 0.305. The molecule has 1 aliphatic carbocycles. The van der Waals surface area contributed by atoms with Crippen molar-refractivity contribution in [2.75, 3.05) is 6.54 Å². The quantitative estimate of drug-likeness (QED) is 0.315. The summed E-state index contributed by atoms with van der Waals surface area (Å²) in [6.07, 6.45) is 2.45. The van der Waals surface area contributed by atoms with E-state index in [9.17, 15) is 5.21 Å². The second kappa shape index (κ2) is 6.91.